The van der Waals surface area contributed by atoms with Crippen LogP contribution in [0.4, 0.5) is 0 Å². The van der Waals surface area contributed by atoms with E-state index in [1.807, 2.05) is 18.2 Å². The summed E-state index contributed by atoms with van der Waals surface area (Å²) in [6.45, 7) is 2.57. The number of rotatable bonds is 5. The first-order chi connectivity index (χ1) is 8.83. The van der Waals surface area contributed by atoms with Gasteiger partial charge in [0, 0.05) is 11.1 Å². The molecule has 0 unspecified atom stereocenters. The quantitative estimate of drug-likeness (QED) is 0.826. The third-order valence-electron chi connectivity index (χ3n) is 2.56. The third kappa shape index (κ3) is 3.08. The molecule has 0 aliphatic carbocycles. The van der Waals surface area contributed by atoms with Crippen LogP contribution in [0.25, 0.3) is 0 Å². The van der Waals surface area contributed by atoms with Crippen LogP contribution in [0.3, 0.4) is 0 Å². The summed E-state index contributed by atoms with van der Waals surface area (Å²) in [4.78, 5) is 5.23. The Balaban J connectivity index is 2.00. The fourth-order valence-corrected chi connectivity index (χ4v) is 2.42. The second kappa shape index (κ2) is 6.18. The van der Waals surface area contributed by atoms with Crippen molar-refractivity contribution in [1.82, 2.24) is 4.98 Å². The molecule has 0 aliphatic rings. The van der Waals surface area contributed by atoms with Gasteiger partial charge in [0.25, 0.3) is 0 Å². The van der Waals surface area contributed by atoms with Crippen LogP contribution in [0.2, 0.25) is 0 Å². The highest BCUT2D eigenvalue weighted by Crippen LogP contribution is 2.21. The van der Waals surface area contributed by atoms with Crippen molar-refractivity contribution in [3.8, 4) is 11.8 Å². The van der Waals surface area contributed by atoms with Gasteiger partial charge in [0.05, 0.1) is 12.5 Å². The number of aryl methyl sites for hydroxylation is 1. The Bertz CT molecular complexity index is 557. The van der Waals surface area contributed by atoms with Gasteiger partial charge in [0.1, 0.15) is 17.4 Å². The van der Waals surface area contributed by atoms with Gasteiger partial charge in [-0.3, -0.25) is 0 Å². The molecule has 92 valence electrons. The zero-order valence-electron chi connectivity index (χ0n) is 10.2. The van der Waals surface area contributed by atoms with Crippen molar-refractivity contribution in [1.29, 1.82) is 5.26 Å². The van der Waals surface area contributed by atoms with Crippen LogP contribution in [-0.4, -0.2) is 4.98 Å². The van der Waals surface area contributed by atoms with Crippen LogP contribution in [0.5, 0.6) is 5.75 Å². The maximum absolute atomic E-state index is 8.60. The van der Waals surface area contributed by atoms with E-state index in [9.17, 15) is 0 Å². The van der Waals surface area contributed by atoms with E-state index in [-0.39, 0.29) is 0 Å². The molecule has 1 aromatic heterocycles. The lowest BCUT2D eigenvalue weighted by Gasteiger charge is -2.08. The number of ether oxygens (including phenoxy) is 1. The molecule has 1 heterocycles. The van der Waals surface area contributed by atoms with Crippen LogP contribution in [0.1, 0.15) is 22.4 Å². The summed E-state index contributed by atoms with van der Waals surface area (Å²) in [5, 5.41) is 9.51. The van der Waals surface area contributed by atoms with Crippen LogP contribution in [0.15, 0.2) is 30.5 Å². The van der Waals surface area contributed by atoms with Gasteiger partial charge in [-0.05, 0) is 18.1 Å². The summed E-state index contributed by atoms with van der Waals surface area (Å²) >= 11 is 1.53. The lowest BCUT2D eigenvalue weighted by molar-refractivity contribution is 0.302. The summed E-state index contributed by atoms with van der Waals surface area (Å²) in [5.74, 6) is 0.914. The van der Waals surface area contributed by atoms with Crippen LogP contribution in [-0.2, 0) is 19.4 Å². The average Bonchev–Trinajstić information content (AvgIpc) is 2.85. The van der Waals surface area contributed by atoms with E-state index in [4.69, 9.17) is 10.00 Å². The number of hydrogen-bond donors (Lipinski definition) is 0. The first kappa shape index (κ1) is 12.6. The van der Waals surface area contributed by atoms with Gasteiger partial charge in [-0.25, -0.2) is 4.98 Å². The van der Waals surface area contributed by atoms with Crippen LogP contribution >= 0.6 is 11.3 Å². The van der Waals surface area contributed by atoms with Gasteiger partial charge in [0.2, 0.25) is 0 Å². The summed E-state index contributed by atoms with van der Waals surface area (Å²) in [7, 11) is 0. The average molecular weight is 258 g/mol. The van der Waals surface area contributed by atoms with Crippen molar-refractivity contribution in [3.63, 3.8) is 0 Å². The van der Waals surface area contributed by atoms with E-state index in [0.717, 1.165) is 22.1 Å². The Morgan fingerprint density at radius 1 is 1.39 bits per heavy atom. The molecule has 0 amide bonds. The minimum Gasteiger partial charge on any atom is -0.486 e. The van der Waals surface area contributed by atoms with Crippen molar-refractivity contribution in [2.45, 2.75) is 26.4 Å². The molecule has 0 saturated carbocycles. The van der Waals surface area contributed by atoms with Gasteiger partial charge in [-0.15, -0.1) is 11.3 Å². The minimum absolute atomic E-state index is 0.420. The molecule has 0 radical (unpaired) electrons. The number of hydrogen-bond acceptors (Lipinski definition) is 4. The van der Waals surface area contributed by atoms with E-state index >= 15 is 0 Å². The molecule has 3 nitrogen and oxygen atoms in total. The normalized spacial score (nSPS) is 10.0. The second-order valence-corrected chi connectivity index (χ2v) is 5.00. The largest absolute Gasteiger partial charge is 0.486 e. The highest BCUT2D eigenvalue weighted by Gasteiger charge is 2.05. The van der Waals surface area contributed by atoms with Crippen molar-refractivity contribution in [2.75, 3.05) is 0 Å². The molecule has 2 rings (SSSR count). The Kier molecular flexibility index (Phi) is 4.32. The number of thiazole rings is 1. The molecule has 0 spiro atoms. The lowest BCUT2D eigenvalue weighted by Crippen LogP contribution is -1.97. The molecule has 0 saturated heterocycles. The Morgan fingerprint density at radius 2 is 2.22 bits per heavy atom. The van der Waals surface area contributed by atoms with E-state index < -0.39 is 0 Å². The highest BCUT2D eigenvalue weighted by molar-refractivity contribution is 7.11. The van der Waals surface area contributed by atoms with Crippen LogP contribution < -0.4 is 4.74 Å². The number of nitriles is 1. The summed E-state index contributed by atoms with van der Waals surface area (Å²) in [5.41, 5.74) is 1.20. The molecule has 1 aromatic carbocycles. The summed E-state index contributed by atoms with van der Waals surface area (Å²) in [6, 6.07) is 10.1. The van der Waals surface area contributed by atoms with Crippen molar-refractivity contribution in [3.05, 3.63) is 45.9 Å². The minimum atomic E-state index is 0.420. The maximum Gasteiger partial charge on any atom is 0.140 e. The molecule has 0 atom stereocenters. The fraction of sp³-hybridized carbons (Fsp3) is 0.286. The third-order valence-corrected chi connectivity index (χ3v) is 3.53. The number of para-hydroxylation sites is 1. The zero-order chi connectivity index (χ0) is 12.8. The molecular weight excluding hydrogens is 244 g/mol. The monoisotopic (exact) mass is 258 g/mol. The van der Waals surface area contributed by atoms with Crippen LogP contribution in [0, 0.1) is 11.3 Å². The molecule has 4 heteroatoms. The summed E-state index contributed by atoms with van der Waals surface area (Å²) in [6.07, 6.45) is 3.12. The van der Waals surface area contributed by atoms with Crippen molar-refractivity contribution in [2.24, 2.45) is 0 Å². The van der Waals surface area contributed by atoms with Crippen molar-refractivity contribution < 1.29 is 4.74 Å². The topological polar surface area (TPSA) is 45.9 Å². The highest BCUT2D eigenvalue weighted by atomic mass is 32.1. The maximum atomic E-state index is 8.60. The number of benzene rings is 1. The van der Waals surface area contributed by atoms with Gasteiger partial charge in [-0.2, -0.15) is 5.26 Å². The molecule has 0 bridgehead atoms. The van der Waals surface area contributed by atoms with Gasteiger partial charge in [-0.1, -0.05) is 25.1 Å². The number of aromatic nitrogens is 1. The number of nitrogens with zero attached hydrogens (tertiary/aromatic N) is 2. The molecule has 0 fully saturated rings. The first-order valence-electron chi connectivity index (χ1n) is 5.84. The SMILES string of the molecule is CCc1ccccc1OCc1ncc(CC#N)s1. The zero-order valence-corrected chi connectivity index (χ0v) is 11.0. The van der Waals surface area contributed by atoms with Crippen molar-refractivity contribution >= 4 is 11.3 Å². The van der Waals surface area contributed by atoms with E-state index in [0.29, 0.717) is 13.0 Å². The van der Waals surface area contributed by atoms with E-state index in [1.54, 1.807) is 6.20 Å². The van der Waals surface area contributed by atoms with E-state index in [2.05, 4.69) is 24.0 Å². The Hall–Kier alpha value is -1.86. The first-order valence-corrected chi connectivity index (χ1v) is 6.66. The molecule has 0 N–H and O–H groups in total. The lowest BCUT2D eigenvalue weighted by atomic mass is 10.1. The molecule has 18 heavy (non-hydrogen) atoms. The Labute approximate surface area is 111 Å². The molecule has 0 aliphatic heterocycles. The molecule has 2 aromatic rings. The smallest absolute Gasteiger partial charge is 0.140 e. The predicted molar refractivity (Wildman–Crippen MR) is 71.6 cm³/mol. The Morgan fingerprint density at radius 3 is 3.00 bits per heavy atom. The standard InChI is InChI=1S/C14H14N2OS/c1-2-11-5-3-4-6-13(11)17-10-14-16-9-12(18-14)7-8-15/h3-6,9H,2,7,10H2,1H3. The second-order valence-electron chi connectivity index (χ2n) is 3.81. The van der Waals surface area contributed by atoms with E-state index in [1.165, 1.54) is 16.9 Å². The fourth-order valence-electron chi connectivity index (χ4n) is 1.65. The molecular formula is C14H14N2OS. The van der Waals surface area contributed by atoms with Gasteiger partial charge < -0.3 is 4.74 Å². The predicted octanol–water partition coefficient (Wildman–Crippen LogP) is 3.35. The summed E-state index contributed by atoms with van der Waals surface area (Å²) < 4.78 is 5.77. The van der Waals surface area contributed by atoms with Gasteiger partial charge in [0.15, 0.2) is 0 Å². The van der Waals surface area contributed by atoms with Gasteiger partial charge >= 0.3 is 0 Å².